The lowest BCUT2D eigenvalue weighted by Gasteiger charge is -2.36. The van der Waals surface area contributed by atoms with Crippen molar-refractivity contribution in [2.24, 2.45) is 0 Å². The molecule has 1 aromatic carbocycles. The number of aliphatic hydroxyl groups is 1. The molecule has 1 aromatic rings. The predicted octanol–water partition coefficient (Wildman–Crippen LogP) is 1.92. The Kier molecular flexibility index (Phi) is 3.97. The number of benzene rings is 1. The number of halogens is 3. The quantitative estimate of drug-likeness (QED) is 0.866. The zero-order chi connectivity index (χ0) is 14.3. The Morgan fingerprint density at radius 1 is 1.37 bits per heavy atom. The van der Waals surface area contributed by atoms with Crippen molar-refractivity contribution >= 4 is 26.0 Å². The van der Waals surface area contributed by atoms with Gasteiger partial charge < -0.3 is 5.11 Å². The first kappa shape index (κ1) is 14.8. The summed E-state index contributed by atoms with van der Waals surface area (Å²) in [5.41, 5.74) is -1.06. The summed E-state index contributed by atoms with van der Waals surface area (Å²) in [6.45, 7) is -0.182. The number of nitrogens with one attached hydrogen (secondary N) is 1. The van der Waals surface area contributed by atoms with Crippen LogP contribution in [0.1, 0.15) is 19.3 Å². The summed E-state index contributed by atoms with van der Waals surface area (Å²) in [5.74, 6) is -2.05. The lowest BCUT2D eigenvalue weighted by atomic mass is 9.81. The molecule has 0 spiro atoms. The van der Waals surface area contributed by atoms with Crippen LogP contribution >= 0.6 is 15.9 Å². The van der Waals surface area contributed by atoms with Gasteiger partial charge in [0.15, 0.2) is 0 Å². The van der Waals surface area contributed by atoms with E-state index in [0.717, 1.165) is 12.5 Å². The third kappa shape index (κ3) is 3.13. The minimum atomic E-state index is -4.15. The van der Waals surface area contributed by atoms with E-state index in [-0.39, 0.29) is 11.0 Å². The predicted molar refractivity (Wildman–Crippen MR) is 68.0 cm³/mol. The Hall–Kier alpha value is -0.570. The first-order valence-electron chi connectivity index (χ1n) is 5.60. The van der Waals surface area contributed by atoms with E-state index in [1.165, 1.54) is 0 Å². The molecule has 106 valence electrons. The summed E-state index contributed by atoms with van der Waals surface area (Å²) in [7, 11) is -4.15. The van der Waals surface area contributed by atoms with E-state index in [2.05, 4.69) is 20.7 Å². The molecule has 0 radical (unpaired) electrons. The van der Waals surface area contributed by atoms with E-state index in [1.807, 2.05) is 0 Å². The van der Waals surface area contributed by atoms with E-state index in [4.69, 9.17) is 0 Å². The molecule has 0 atom stereocenters. The average Bonchev–Trinajstić information content (AvgIpc) is 2.22. The smallest absolute Gasteiger partial charge is 0.244 e. The fraction of sp³-hybridized carbons (Fsp3) is 0.455. The normalized spacial score (nSPS) is 18.1. The molecule has 0 aromatic heterocycles. The fourth-order valence-corrected chi connectivity index (χ4v) is 4.13. The summed E-state index contributed by atoms with van der Waals surface area (Å²) in [4.78, 5) is -0.656. The highest BCUT2D eigenvalue weighted by molar-refractivity contribution is 9.10. The van der Waals surface area contributed by atoms with Crippen LogP contribution in [0.4, 0.5) is 8.78 Å². The van der Waals surface area contributed by atoms with Crippen LogP contribution in [-0.2, 0) is 10.0 Å². The third-order valence-electron chi connectivity index (χ3n) is 3.11. The molecular weight excluding hydrogens is 344 g/mol. The molecule has 1 fully saturated rings. The number of hydrogen-bond acceptors (Lipinski definition) is 3. The van der Waals surface area contributed by atoms with Crippen LogP contribution in [0.5, 0.6) is 0 Å². The number of sulfonamides is 1. The maximum absolute atomic E-state index is 13.6. The average molecular weight is 356 g/mol. The van der Waals surface area contributed by atoms with Crippen molar-refractivity contribution in [1.82, 2.24) is 4.72 Å². The van der Waals surface area contributed by atoms with Crippen LogP contribution in [0.15, 0.2) is 21.5 Å². The van der Waals surface area contributed by atoms with Gasteiger partial charge in [0.05, 0.1) is 5.60 Å². The van der Waals surface area contributed by atoms with E-state index < -0.39 is 32.2 Å². The van der Waals surface area contributed by atoms with Gasteiger partial charge in [-0.2, -0.15) is 0 Å². The van der Waals surface area contributed by atoms with E-state index >= 15 is 0 Å². The van der Waals surface area contributed by atoms with E-state index in [1.54, 1.807) is 0 Å². The summed E-state index contributed by atoms with van der Waals surface area (Å²) >= 11 is 2.82. The molecule has 0 bridgehead atoms. The highest BCUT2D eigenvalue weighted by atomic mass is 79.9. The van der Waals surface area contributed by atoms with Crippen LogP contribution in [0.25, 0.3) is 0 Å². The van der Waals surface area contributed by atoms with Crippen molar-refractivity contribution in [2.45, 2.75) is 29.8 Å². The zero-order valence-electron chi connectivity index (χ0n) is 9.79. The number of rotatable bonds is 4. The molecule has 0 amide bonds. The van der Waals surface area contributed by atoms with Crippen LogP contribution in [0, 0.1) is 11.6 Å². The fourth-order valence-electron chi connectivity index (χ4n) is 1.85. The monoisotopic (exact) mass is 355 g/mol. The van der Waals surface area contributed by atoms with Crippen molar-refractivity contribution in [3.05, 3.63) is 28.2 Å². The van der Waals surface area contributed by atoms with Crippen LogP contribution in [0.3, 0.4) is 0 Å². The molecule has 4 nitrogen and oxygen atoms in total. The van der Waals surface area contributed by atoms with Gasteiger partial charge in [0.2, 0.25) is 10.0 Å². The van der Waals surface area contributed by atoms with Crippen LogP contribution < -0.4 is 4.72 Å². The molecule has 2 N–H and O–H groups in total. The molecule has 0 aliphatic heterocycles. The van der Waals surface area contributed by atoms with Gasteiger partial charge in [-0.15, -0.1) is 0 Å². The van der Waals surface area contributed by atoms with Crippen molar-refractivity contribution in [2.75, 3.05) is 6.54 Å². The second-order valence-corrected chi connectivity index (χ2v) is 7.16. The van der Waals surface area contributed by atoms with Gasteiger partial charge in [-0.3, -0.25) is 0 Å². The van der Waals surface area contributed by atoms with Gasteiger partial charge in [-0.1, -0.05) is 0 Å². The molecule has 8 heteroatoms. The largest absolute Gasteiger partial charge is 0.389 e. The SMILES string of the molecule is O=S(=O)(NCC1(O)CCC1)c1c(F)cc(F)cc1Br. The van der Waals surface area contributed by atoms with Gasteiger partial charge in [-0.05, 0) is 41.3 Å². The van der Waals surface area contributed by atoms with Crippen LogP contribution in [0.2, 0.25) is 0 Å². The van der Waals surface area contributed by atoms with Crippen molar-refractivity contribution in [1.29, 1.82) is 0 Å². The van der Waals surface area contributed by atoms with Crippen molar-refractivity contribution < 1.29 is 22.3 Å². The Morgan fingerprint density at radius 2 is 2.00 bits per heavy atom. The standard InChI is InChI=1S/C11H12BrF2NO3S/c12-8-4-7(13)5-9(14)10(8)19(17,18)15-6-11(16)2-1-3-11/h4-5,15-16H,1-3,6H2. The van der Waals surface area contributed by atoms with Crippen molar-refractivity contribution in [3.63, 3.8) is 0 Å². The zero-order valence-corrected chi connectivity index (χ0v) is 12.2. The molecule has 2 rings (SSSR count). The molecule has 0 unspecified atom stereocenters. The minimum Gasteiger partial charge on any atom is -0.389 e. The molecule has 1 aliphatic carbocycles. The Bertz CT molecular complexity index is 579. The Morgan fingerprint density at radius 3 is 2.47 bits per heavy atom. The lowest BCUT2D eigenvalue weighted by molar-refractivity contribution is -0.0271. The molecule has 19 heavy (non-hydrogen) atoms. The van der Waals surface area contributed by atoms with Gasteiger partial charge in [0.1, 0.15) is 16.5 Å². The molecule has 0 saturated heterocycles. The summed E-state index contributed by atoms with van der Waals surface area (Å²) in [5, 5.41) is 9.81. The first-order chi connectivity index (χ1) is 8.73. The summed E-state index contributed by atoms with van der Waals surface area (Å²) in [6, 6.07) is 1.37. The van der Waals surface area contributed by atoms with Crippen LogP contribution in [-0.4, -0.2) is 25.7 Å². The van der Waals surface area contributed by atoms with E-state index in [0.29, 0.717) is 18.9 Å². The van der Waals surface area contributed by atoms with Gasteiger partial charge in [0.25, 0.3) is 0 Å². The molecule has 1 aliphatic rings. The molecule has 1 saturated carbocycles. The highest BCUT2D eigenvalue weighted by Gasteiger charge is 2.36. The van der Waals surface area contributed by atoms with Gasteiger partial charge >= 0.3 is 0 Å². The second-order valence-electron chi connectivity index (χ2n) is 4.60. The Labute approximate surface area is 118 Å². The first-order valence-corrected chi connectivity index (χ1v) is 7.88. The van der Waals surface area contributed by atoms with Gasteiger partial charge in [0, 0.05) is 17.1 Å². The summed E-state index contributed by atoms with van der Waals surface area (Å²) in [6.07, 6.45) is 1.83. The van der Waals surface area contributed by atoms with Gasteiger partial charge in [-0.25, -0.2) is 21.9 Å². The second kappa shape index (κ2) is 5.08. The minimum absolute atomic E-state index is 0.182. The Balaban J connectivity index is 2.24. The maximum Gasteiger partial charge on any atom is 0.244 e. The molecule has 0 heterocycles. The topological polar surface area (TPSA) is 66.4 Å². The lowest BCUT2D eigenvalue weighted by Crippen LogP contribution is -2.47. The number of hydrogen-bond donors (Lipinski definition) is 2. The third-order valence-corrected chi connectivity index (χ3v) is 5.47. The molecular formula is C11H12BrF2NO3S. The van der Waals surface area contributed by atoms with Crippen molar-refractivity contribution in [3.8, 4) is 0 Å². The maximum atomic E-state index is 13.6. The van der Waals surface area contributed by atoms with E-state index in [9.17, 15) is 22.3 Å². The highest BCUT2D eigenvalue weighted by Crippen LogP contribution is 2.32. The summed E-state index contributed by atoms with van der Waals surface area (Å²) < 4.78 is 52.3.